The van der Waals surface area contributed by atoms with Gasteiger partial charge in [0.1, 0.15) is 5.75 Å². The molecule has 0 bridgehead atoms. The molecule has 1 aromatic carbocycles. The molecule has 20 heavy (non-hydrogen) atoms. The molecule has 0 aliphatic carbocycles. The minimum absolute atomic E-state index is 0.000166. The number of ether oxygens (including phenoxy) is 2. The van der Waals surface area contributed by atoms with Crippen molar-refractivity contribution < 1.29 is 14.3 Å². The molecule has 112 valence electrons. The predicted molar refractivity (Wildman–Crippen MR) is 79.2 cm³/mol. The van der Waals surface area contributed by atoms with Gasteiger partial charge in [-0.1, -0.05) is 12.1 Å². The van der Waals surface area contributed by atoms with Crippen LogP contribution in [0.4, 0.5) is 0 Å². The first kappa shape index (κ1) is 16.5. The molecule has 0 heterocycles. The van der Waals surface area contributed by atoms with Gasteiger partial charge in [-0.25, -0.2) is 0 Å². The van der Waals surface area contributed by atoms with Crippen molar-refractivity contribution in [2.75, 3.05) is 40.5 Å². The van der Waals surface area contributed by atoms with E-state index in [0.717, 1.165) is 23.3 Å². The maximum atomic E-state index is 11.5. The second-order valence-corrected chi connectivity index (χ2v) is 4.57. The Hall–Kier alpha value is -1.59. The molecule has 0 saturated carbocycles. The van der Waals surface area contributed by atoms with Gasteiger partial charge in [-0.3, -0.25) is 4.79 Å². The normalized spacial score (nSPS) is 10.3. The molecule has 0 atom stereocenters. The Labute approximate surface area is 120 Å². The van der Waals surface area contributed by atoms with Crippen LogP contribution < -0.4 is 15.4 Å². The summed E-state index contributed by atoms with van der Waals surface area (Å²) in [4.78, 5) is 11.5. The zero-order valence-corrected chi connectivity index (χ0v) is 12.5. The van der Waals surface area contributed by atoms with Crippen LogP contribution in [0.15, 0.2) is 18.2 Å². The van der Waals surface area contributed by atoms with Crippen LogP contribution in [0.3, 0.4) is 0 Å². The van der Waals surface area contributed by atoms with E-state index in [9.17, 15) is 4.79 Å². The van der Waals surface area contributed by atoms with Gasteiger partial charge in [0.15, 0.2) is 0 Å². The second kappa shape index (κ2) is 9.34. The number of nitrogens with one attached hydrogen (secondary N) is 2. The molecule has 0 aliphatic rings. The molecule has 0 saturated heterocycles. The van der Waals surface area contributed by atoms with Crippen LogP contribution >= 0.6 is 0 Å². The topological polar surface area (TPSA) is 59.6 Å². The van der Waals surface area contributed by atoms with Crippen molar-refractivity contribution in [3.8, 4) is 5.75 Å². The van der Waals surface area contributed by atoms with E-state index in [2.05, 4.69) is 16.7 Å². The zero-order valence-electron chi connectivity index (χ0n) is 12.5. The first-order valence-corrected chi connectivity index (χ1v) is 6.77. The first-order valence-electron chi connectivity index (χ1n) is 6.77. The number of carbonyl (C=O) groups excluding carboxylic acids is 1. The lowest BCUT2D eigenvalue weighted by atomic mass is 10.1. The molecule has 5 nitrogen and oxygen atoms in total. The van der Waals surface area contributed by atoms with Gasteiger partial charge in [-0.05, 0) is 30.5 Å². The Kier molecular flexibility index (Phi) is 7.69. The maximum Gasteiger partial charge on any atom is 0.233 e. The number of carbonyl (C=O) groups is 1. The Morgan fingerprint density at radius 2 is 2.05 bits per heavy atom. The fraction of sp³-hybridized carbons (Fsp3) is 0.533. The summed E-state index contributed by atoms with van der Waals surface area (Å²) in [5, 5.41) is 5.88. The Bertz CT molecular complexity index is 422. The average molecular weight is 280 g/mol. The number of amides is 1. The van der Waals surface area contributed by atoms with E-state index >= 15 is 0 Å². The van der Waals surface area contributed by atoms with Gasteiger partial charge in [0.2, 0.25) is 5.91 Å². The minimum Gasteiger partial charge on any atom is -0.496 e. The van der Waals surface area contributed by atoms with Gasteiger partial charge < -0.3 is 20.1 Å². The molecular weight excluding hydrogens is 256 g/mol. The van der Waals surface area contributed by atoms with Crippen molar-refractivity contribution in [1.29, 1.82) is 0 Å². The summed E-state index contributed by atoms with van der Waals surface area (Å²) in [5.74, 6) is 0.884. The minimum atomic E-state index is 0.000166. The number of hydrogen-bond acceptors (Lipinski definition) is 4. The highest BCUT2D eigenvalue weighted by Gasteiger charge is 2.02. The lowest BCUT2D eigenvalue weighted by Crippen LogP contribution is -2.36. The third-order valence-corrected chi connectivity index (χ3v) is 2.98. The van der Waals surface area contributed by atoms with E-state index in [1.165, 1.54) is 0 Å². The summed E-state index contributed by atoms with van der Waals surface area (Å²) in [7, 11) is 3.30. The molecule has 0 spiro atoms. The number of rotatable bonds is 9. The standard InChI is InChI=1S/C15H24N2O3/c1-12-4-5-13(10-14(12)20-3)6-7-17-15(18)11-16-8-9-19-2/h4-5,10,16H,6-9,11H2,1-3H3,(H,17,18). The molecule has 1 amide bonds. The highest BCUT2D eigenvalue weighted by atomic mass is 16.5. The van der Waals surface area contributed by atoms with Crippen LogP contribution in [0.5, 0.6) is 5.75 Å². The van der Waals surface area contributed by atoms with Crippen molar-refractivity contribution in [2.45, 2.75) is 13.3 Å². The Morgan fingerprint density at radius 1 is 1.25 bits per heavy atom. The summed E-state index contributed by atoms with van der Waals surface area (Å²) in [6, 6.07) is 6.10. The third kappa shape index (κ3) is 6.04. The molecule has 0 fully saturated rings. The van der Waals surface area contributed by atoms with Gasteiger partial charge in [-0.15, -0.1) is 0 Å². The fourth-order valence-electron chi connectivity index (χ4n) is 1.80. The van der Waals surface area contributed by atoms with Gasteiger partial charge in [-0.2, -0.15) is 0 Å². The largest absolute Gasteiger partial charge is 0.496 e. The van der Waals surface area contributed by atoms with Gasteiger partial charge in [0.25, 0.3) is 0 Å². The molecule has 1 rings (SSSR count). The summed E-state index contributed by atoms with van der Waals surface area (Å²) >= 11 is 0. The molecule has 0 unspecified atom stereocenters. The van der Waals surface area contributed by atoms with Crippen LogP contribution in [0.2, 0.25) is 0 Å². The monoisotopic (exact) mass is 280 g/mol. The molecular formula is C15H24N2O3. The molecule has 0 radical (unpaired) electrons. The number of aryl methyl sites for hydroxylation is 1. The molecule has 5 heteroatoms. The van der Waals surface area contributed by atoms with Crippen LogP contribution in [-0.2, 0) is 16.0 Å². The lowest BCUT2D eigenvalue weighted by molar-refractivity contribution is -0.120. The quantitative estimate of drug-likeness (QED) is 0.660. The van der Waals surface area contributed by atoms with Crippen LogP contribution in [0.1, 0.15) is 11.1 Å². The maximum absolute atomic E-state index is 11.5. The summed E-state index contributed by atoms with van der Waals surface area (Å²) < 4.78 is 10.2. The van der Waals surface area contributed by atoms with E-state index in [4.69, 9.17) is 9.47 Å². The zero-order chi connectivity index (χ0) is 14.8. The van der Waals surface area contributed by atoms with Crippen molar-refractivity contribution >= 4 is 5.91 Å². The average Bonchev–Trinajstić information content (AvgIpc) is 2.45. The highest BCUT2D eigenvalue weighted by molar-refractivity contribution is 5.77. The Morgan fingerprint density at radius 3 is 2.75 bits per heavy atom. The van der Waals surface area contributed by atoms with E-state index in [-0.39, 0.29) is 5.91 Å². The SMILES string of the molecule is COCCNCC(=O)NCCc1ccc(C)c(OC)c1. The number of hydrogen-bond donors (Lipinski definition) is 2. The van der Waals surface area contributed by atoms with Gasteiger partial charge in [0, 0.05) is 20.2 Å². The van der Waals surface area contributed by atoms with Gasteiger partial charge >= 0.3 is 0 Å². The Balaban J connectivity index is 2.25. The van der Waals surface area contributed by atoms with Gasteiger partial charge in [0.05, 0.1) is 20.3 Å². The molecule has 0 aliphatic heterocycles. The lowest BCUT2D eigenvalue weighted by Gasteiger charge is -2.09. The van der Waals surface area contributed by atoms with E-state index in [0.29, 0.717) is 26.2 Å². The predicted octanol–water partition coefficient (Wildman–Crippen LogP) is 0.898. The van der Waals surface area contributed by atoms with Crippen molar-refractivity contribution in [3.05, 3.63) is 29.3 Å². The van der Waals surface area contributed by atoms with E-state index < -0.39 is 0 Å². The van der Waals surface area contributed by atoms with Crippen LogP contribution in [0, 0.1) is 6.92 Å². The summed E-state index contributed by atoms with van der Waals surface area (Å²) in [5.41, 5.74) is 2.27. The van der Waals surface area contributed by atoms with E-state index in [1.54, 1.807) is 14.2 Å². The highest BCUT2D eigenvalue weighted by Crippen LogP contribution is 2.18. The van der Waals surface area contributed by atoms with Crippen LogP contribution in [0.25, 0.3) is 0 Å². The third-order valence-electron chi connectivity index (χ3n) is 2.98. The van der Waals surface area contributed by atoms with Crippen LogP contribution in [-0.4, -0.2) is 46.4 Å². The fourth-order valence-corrected chi connectivity index (χ4v) is 1.80. The summed E-state index contributed by atoms with van der Waals surface area (Å²) in [6.07, 6.45) is 0.792. The van der Waals surface area contributed by atoms with Crippen molar-refractivity contribution in [1.82, 2.24) is 10.6 Å². The number of methoxy groups -OCH3 is 2. The van der Waals surface area contributed by atoms with Crippen molar-refractivity contribution in [3.63, 3.8) is 0 Å². The smallest absolute Gasteiger partial charge is 0.233 e. The molecule has 2 N–H and O–H groups in total. The summed E-state index contributed by atoms with van der Waals surface area (Å²) in [6.45, 7) is 4.24. The van der Waals surface area contributed by atoms with E-state index in [1.807, 2.05) is 19.1 Å². The van der Waals surface area contributed by atoms with Crippen molar-refractivity contribution in [2.24, 2.45) is 0 Å². The number of benzene rings is 1. The molecule has 0 aromatic heterocycles. The second-order valence-electron chi connectivity index (χ2n) is 4.57. The first-order chi connectivity index (χ1) is 9.67. The molecule has 1 aromatic rings.